The predicted octanol–water partition coefficient (Wildman–Crippen LogP) is 2.87. The van der Waals surface area contributed by atoms with Gasteiger partial charge in [0.25, 0.3) is 0 Å². The Morgan fingerprint density at radius 1 is 1.04 bits per heavy atom. The quantitative estimate of drug-likeness (QED) is 0.784. The van der Waals surface area contributed by atoms with Crippen molar-refractivity contribution in [2.24, 2.45) is 0 Å². The molecule has 1 saturated heterocycles. The second kappa shape index (κ2) is 7.17. The Labute approximate surface area is 165 Å². The zero-order valence-electron chi connectivity index (χ0n) is 15.8. The molecular weight excluding hydrogens is 378 g/mol. The molecule has 1 saturated carbocycles. The van der Waals surface area contributed by atoms with Crippen LogP contribution < -0.4 is 4.74 Å². The summed E-state index contributed by atoms with van der Waals surface area (Å²) in [6.07, 6.45) is 8.03. The summed E-state index contributed by atoms with van der Waals surface area (Å²) >= 11 is 0. The number of hydrogen-bond donors (Lipinski definition) is 0. The summed E-state index contributed by atoms with van der Waals surface area (Å²) in [4.78, 5) is 2.76. The van der Waals surface area contributed by atoms with Crippen molar-refractivity contribution in [1.29, 1.82) is 0 Å². The van der Waals surface area contributed by atoms with Crippen molar-refractivity contribution in [2.45, 2.75) is 49.6 Å². The highest BCUT2D eigenvalue weighted by molar-refractivity contribution is 7.89. The SMILES string of the molecule is O=S(=O)(c1ccc2c(c1)-c1oncc1CO2)N1CCN(C2CCCCC2)CC1. The average Bonchev–Trinajstić information content (AvgIpc) is 3.23. The number of rotatable bonds is 3. The number of sulfonamides is 1. The lowest BCUT2D eigenvalue weighted by Gasteiger charge is -2.40. The highest BCUT2D eigenvalue weighted by Gasteiger charge is 2.33. The molecule has 0 N–H and O–H groups in total. The van der Waals surface area contributed by atoms with E-state index in [0.29, 0.717) is 42.8 Å². The van der Waals surface area contributed by atoms with Gasteiger partial charge in [0.05, 0.1) is 22.2 Å². The molecule has 0 spiro atoms. The summed E-state index contributed by atoms with van der Waals surface area (Å²) in [5.41, 5.74) is 1.49. The van der Waals surface area contributed by atoms with Crippen molar-refractivity contribution < 1.29 is 17.7 Å². The van der Waals surface area contributed by atoms with Crippen LogP contribution in [-0.4, -0.2) is 55.0 Å². The number of fused-ring (bicyclic) bond motifs is 3. The summed E-state index contributed by atoms with van der Waals surface area (Å²) in [7, 11) is -3.55. The smallest absolute Gasteiger partial charge is 0.243 e. The van der Waals surface area contributed by atoms with E-state index in [0.717, 1.165) is 18.7 Å². The molecule has 1 aliphatic carbocycles. The first-order valence-electron chi connectivity index (χ1n) is 10.1. The van der Waals surface area contributed by atoms with Gasteiger partial charge in [-0.2, -0.15) is 4.31 Å². The fraction of sp³-hybridized carbons (Fsp3) is 0.550. The fourth-order valence-electron chi connectivity index (χ4n) is 4.62. The summed E-state index contributed by atoms with van der Waals surface area (Å²) < 4.78 is 39.1. The van der Waals surface area contributed by atoms with Crippen LogP contribution in [0.5, 0.6) is 5.75 Å². The third-order valence-electron chi connectivity index (χ3n) is 6.23. The van der Waals surface area contributed by atoms with Crippen molar-refractivity contribution in [3.8, 4) is 17.1 Å². The molecule has 7 nitrogen and oxygen atoms in total. The summed E-state index contributed by atoms with van der Waals surface area (Å²) in [5.74, 6) is 1.23. The van der Waals surface area contributed by atoms with Gasteiger partial charge in [0.15, 0.2) is 5.76 Å². The molecule has 2 fully saturated rings. The first-order chi connectivity index (χ1) is 13.6. The van der Waals surface area contributed by atoms with Crippen LogP contribution in [0.25, 0.3) is 11.3 Å². The summed E-state index contributed by atoms with van der Waals surface area (Å²) in [6.45, 7) is 3.09. The van der Waals surface area contributed by atoms with Crippen LogP contribution in [-0.2, 0) is 16.6 Å². The molecular formula is C20H25N3O4S. The van der Waals surface area contributed by atoms with E-state index in [2.05, 4.69) is 10.1 Å². The van der Waals surface area contributed by atoms with Gasteiger partial charge >= 0.3 is 0 Å². The van der Waals surface area contributed by atoms with Crippen molar-refractivity contribution in [3.63, 3.8) is 0 Å². The van der Waals surface area contributed by atoms with Crippen LogP contribution >= 0.6 is 0 Å². The van der Waals surface area contributed by atoms with E-state index >= 15 is 0 Å². The van der Waals surface area contributed by atoms with Crippen LogP contribution in [0.4, 0.5) is 0 Å². The van der Waals surface area contributed by atoms with Crippen LogP contribution in [0.3, 0.4) is 0 Å². The average molecular weight is 404 g/mol. The molecule has 8 heteroatoms. The van der Waals surface area contributed by atoms with Crippen molar-refractivity contribution >= 4 is 10.0 Å². The molecule has 28 heavy (non-hydrogen) atoms. The van der Waals surface area contributed by atoms with Gasteiger partial charge in [-0.25, -0.2) is 8.42 Å². The zero-order valence-corrected chi connectivity index (χ0v) is 16.7. The molecule has 3 aliphatic rings. The number of ether oxygens (including phenoxy) is 1. The van der Waals surface area contributed by atoms with E-state index in [1.807, 2.05) is 0 Å². The maximum Gasteiger partial charge on any atom is 0.243 e. The van der Waals surface area contributed by atoms with E-state index in [1.54, 1.807) is 28.7 Å². The molecule has 3 heterocycles. The number of benzene rings is 1. The summed E-state index contributed by atoms with van der Waals surface area (Å²) in [6, 6.07) is 5.63. The highest BCUT2D eigenvalue weighted by atomic mass is 32.2. The van der Waals surface area contributed by atoms with Gasteiger partial charge in [0, 0.05) is 32.2 Å². The van der Waals surface area contributed by atoms with Crippen LogP contribution in [0, 0.1) is 0 Å². The molecule has 0 amide bonds. The van der Waals surface area contributed by atoms with Gasteiger partial charge in [-0.05, 0) is 31.0 Å². The lowest BCUT2D eigenvalue weighted by molar-refractivity contribution is 0.111. The first-order valence-corrected chi connectivity index (χ1v) is 11.5. The third-order valence-corrected chi connectivity index (χ3v) is 8.12. The minimum Gasteiger partial charge on any atom is -0.488 e. The molecule has 0 unspecified atom stereocenters. The van der Waals surface area contributed by atoms with Gasteiger partial charge in [0.2, 0.25) is 10.0 Å². The van der Waals surface area contributed by atoms with E-state index in [-0.39, 0.29) is 4.90 Å². The maximum atomic E-state index is 13.2. The Bertz CT molecular complexity index is 958. The van der Waals surface area contributed by atoms with E-state index in [4.69, 9.17) is 9.26 Å². The number of hydrogen-bond acceptors (Lipinski definition) is 6. The molecule has 0 radical (unpaired) electrons. The topological polar surface area (TPSA) is 75.9 Å². The standard InChI is InChI=1S/C20H25N3O4S/c24-28(25,23-10-8-22(9-11-23)16-4-2-1-3-5-16)17-6-7-19-18(12-17)20-15(14-26-19)13-21-27-20/h6-7,12-13,16H,1-5,8-11,14H2. The van der Waals surface area contributed by atoms with Gasteiger partial charge in [-0.15, -0.1) is 0 Å². The predicted molar refractivity (Wildman–Crippen MR) is 103 cm³/mol. The van der Waals surface area contributed by atoms with Crippen LogP contribution in [0.15, 0.2) is 33.8 Å². The monoisotopic (exact) mass is 403 g/mol. The summed E-state index contributed by atoms with van der Waals surface area (Å²) in [5, 5.41) is 3.82. The van der Waals surface area contributed by atoms with Gasteiger partial charge in [0.1, 0.15) is 12.4 Å². The first kappa shape index (κ1) is 18.1. The van der Waals surface area contributed by atoms with Gasteiger partial charge in [-0.3, -0.25) is 4.90 Å². The number of piperazine rings is 1. The molecule has 150 valence electrons. The Morgan fingerprint density at radius 2 is 1.82 bits per heavy atom. The molecule has 2 aromatic rings. The van der Waals surface area contributed by atoms with Crippen molar-refractivity contribution in [1.82, 2.24) is 14.4 Å². The maximum absolute atomic E-state index is 13.2. The second-order valence-corrected chi connectivity index (χ2v) is 9.80. The minimum absolute atomic E-state index is 0.283. The Hall–Kier alpha value is -1.90. The van der Waals surface area contributed by atoms with E-state index < -0.39 is 10.0 Å². The largest absolute Gasteiger partial charge is 0.488 e. The lowest BCUT2D eigenvalue weighted by atomic mass is 9.94. The zero-order chi connectivity index (χ0) is 19.1. The normalized spacial score (nSPS) is 21.7. The molecule has 1 aromatic heterocycles. The van der Waals surface area contributed by atoms with Gasteiger partial charge in [-0.1, -0.05) is 24.4 Å². The number of aromatic nitrogens is 1. The Kier molecular flexibility index (Phi) is 4.65. The fourth-order valence-corrected chi connectivity index (χ4v) is 6.07. The third kappa shape index (κ3) is 3.13. The second-order valence-electron chi connectivity index (χ2n) is 7.86. The van der Waals surface area contributed by atoms with Crippen molar-refractivity contribution in [2.75, 3.05) is 26.2 Å². The van der Waals surface area contributed by atoms with Crippen LogP contribution in [0.1, 0.15) is 37.7 Å². The van der Waals surface area contributed by atoms with Gasteiger partial charge < -0.3 is 9.26 Å². The van der Waals surface area contributed by atoms with Crippen LogP contribution in [0.2, 0.25) is 0 Å². The lowest BCUT2D eigenvalue weighted by Crippen LogP contribution is -2.52. The minimum atomic E-state index is -3.55. The molecule has 0 bridgehead atoms. The van der Waals surface area contributed by atoms with E-state index in [1.165, 1.54) is 32.1 Å². The molecule has 1 aromatic carbocycles. The Morgan fingerprint density at radius 3 is 2.61 bits per heavy atom. The van der Waals surface area contributed by atoms with E-state index in [9.17, 15) is 8.42 Å². The van der Waals surface area contributed by atoms with Crippen molar-refractivity contribution in [3.05, 3.63) is 30.0 Å². The Balaban J connectivity index is 1.35. The molecule has 5 rings (SSSR count). The molecule has 0 atom stereocenters. The molecule has 2 aliphatic heterocycles. The highest BCUT2D eigenvalue weighted by Crippen LogP contribution is 2.39. The number of nitrogens with zero attached hydrogens (tertiary/aromatic N) is 3.